The van der Waals surface area contributed by atoms with Crippen LogP contribution in [0.2, 0.25) is 0 Å². The second-order valence-electron chi connectivity index (χ2n) is 7.53. The van der Waals surface area contributed by atoms with E-state index in [1.165, 1.54) is 0 Å². The van der Waals surface area contributed by atoms with Crippen LogP contribution in [-0.4, -0.2) is 98.8 Å². The molecule has 6 nitrogen and oxygen atoms in total. The number of nitrogens with zero attached hydrogens (tertiary/aromatic N) is 3. The highest BCUT2D eigenvalue weighted by Gasteiger charge is 2.25. The van der Waals surface area contributed by atoms with E-state index in [9.17, 15) is 4.79 Å². The van der Waals surface area contributed by atoms with Crippen LogP contribution in [0.3, 0.4) is 0 Å². The lowest BCUT2D eigenvalue weighted by atomic mass is 10.2. The zero-order valence-corrected chi connectivity index (χ0v) is 15.3. The summed E-state index contributed by atoms with van der Waals surface area (Å²) in [4.78, 5) is 19.2. The predicted molar refractivity (Wildman–Crippen MR) is 92.6 cm³/mol. The van der Waals surface area contributed by atoms with Gasteiger partial charge < -0.3 is 15.0 Å². The third kappa shape index (κ3) is 6.37. The van der Waals surface area contributed by atoms with E-state index in [1.807, 2.05) is 0 Å². The molecule has 6 heteroatoms. The Morgan fingerprint density at radius 1 is 1.26 bits per heavy atom. The van der Waals surface area contributed by atoms with Crippen molar-refractivity contribution in [2.45, 2.75) is 32.9 Å². The van der Waals surface area contributed by atoms with Gasteiger partial charge in [0.15, 0.2) is 0 Å². The Morgan fingerprint density at radius 2 is 2.04 bits per heavy atom. The predicted octanol–water partition coefficient (Wildman–Crippen LogP) is 0.0953. The Hall–Kier alpha value is -0.690. The highest BCUT2D eigenvalue weighted by molar-refractivity contribution is 5.78. The van der Waals surface area contributed by atoms with Gasteiger partial charge in [-0.05, 0) is 19.9 Å². The average Bonchev–Trinajstić information content (AvgIpc) is 2.48. The van der Waals surface area contributed by atoms with Crippen LogP contribution in [0.5, 0.6) is 0 Å². The molecule has 2 rings (SSSR count). The van der Waals surface area contributed by atoms with E-state index in [-0.39, 0.29) is 12.0 Å². The van der Waals surface area contributed by atoms with Crippen LogP contribution in [0.15, 0.2) is 0 Å². The van der Waals surface area contributed by atoms with Crippen molar-refractivity contribution >= 4 is 5.91 Å². The van der Waals surface area contributed by atoms with Gasteiger partial charge in [-0.1, -0.05) is 13.8 Å². The minimum atomic E-state index is 0.117. The van der Waals surface area contributed by atoms with E-state index < -0.39 is 0 Å². The first-order valence-corrected chi connectivity index (χ1v) is 8.97. The molecule has 2 aliphatic heterocycles. The van der Waals surface area contributed by atoms with Crippen LogP contribution >= 0.6 is 0 Å². The van der Waals surface area contributed by atoms with Crippen LogP contribution in [0, 0.1) is 5.92 Å². The molecule has 0 bridgehead atoms. The first-order chi connectivity index (χ1) is 10.9. The van der Waals surface area contributed by atoms with Crippen LogP contribution in [0.4, 0.5) is 0 Å². The quantitative estimate of drug-likeness (QED) is 0.750. The van der Waals surface area contributed by atoms with Crippen LogP contribution in [0.25, 0.3) is 0 Å². The van der Waals surface area contributed by atoms with Crippen LogP contribution < -0.4 is 5.32 Å². The molecule has 0 saturated carbocycles. The Balaban J connectivity index is 1.67. The molecule has 2 fully saturated rings. The van der Waals surface area contributed by atoms with Crippen molar-refractivity contribution in [3.63, 3.8) is 0 Å². The van der Waals surface area contributed by atoms with Crippen molar-refractivity contribution in [3.8, 4) is 0 Å². The second-order valence-corrected chi connectivity index (χ2v) is 7.53. The summed E-state index contributed by atoms with van der Waals surface area (Å²) in [6.45, 7) is 14.6. The van der Waals surface area contributed by atoms with Crippen molar-refractivity contribution in [2.24, 2.45) is 5.92 Å². The molecule has 2 heterocycles. The van der Waals surface area contributed by atoms with Gasteiger partial charge in [-0.3, -0.25) is 14.6 Å². The molecule has 0 aromatic rings. The van der Waals surface area contributed by atoms with Gasteiger partial charge in [0.25, 0.3) is 0 Å². The number of ether oxygens (including phenoxy) is 1. The van der Waals surface area contributed by atoms with E-state index in [4.69, 9.17) is 4.74 Å². The van der Waals surface area contributed by atoms with Crippen molar-refractivity contribution in [3.05, 3.63) is 0 Å². The van der Waals surface area contributed by atoms with Gasteiger partial charge >= 0.3 is 0 Å². The molecule has 1 amide bonds. The van der Waals surface area contributed by atoms with E-state index in [0.717, 1.165) is 45.9 Å². The average molecular weight is 326 g/mol. The molecule has 134 valence electrons. The fraction of sp³-hybridized carbons (Fsp3) is 0.941. The van der Waals surface area contributed by atoms with E-state index in [0.29, 0.717) is 25.0 Å². The molecule has 2 saturated heterocycles. The maximum atomic E-state index is 12.2. The summed E-state index contributed by atoms with van der Waals surface area (Å²) < 4.78 is 5.79. The number of morpholine rings is 1. The summed E-state index contributed by atoms with van der Waals surface area (Å²) in [5.74, 6) is 0.785. The third-order valence-corrected chi connectivity index (χ3v) is 4.69. The number of hydrogen-bond donors (Lipinski definition) is 1. The molecule has 2 aliphatic rings. The summed E-state index contributed by atoms with van der Waals surface area (Å²) in [5.41, 5.74) is 0. The van der Waals surface area contributed by atoms with Crippen molar-refractivity contribution in [1.82, 2.24) is 20.0 Å². The molecule has 0 unspecified atom stereocenters. The SMILES string of the molecule is CC(C)CN1CCO[C@H](CNC(=O)CN2CCN(C)C[C@@H]2C)C1. The molecule has 0 aromatic heterocycles. The first kappa shape index (κ1) is 18.6. The smallest absolute Gasteiger partial charge is 0.234 e. The van der Waals surface area contributed by atoms with Gasteiger partial charge in [0.2, 0.25) is 5.91 Å². The maximum absolute atomic E-state index is 12.2. The Kier molecular flexibility index (Phi) is 7.27. The molecular formula is C17H34N4O2. The highest BCUT2D eigenvalue weighted by Crippen LogP contribution is 2.08. The number of nitrogens with one attached hydrogen (secondary N) is 1. The number of piperazine rings is 1. The number of likely N-dealkylation sites (N-methyl/N-ethyl adjacent to an activating group) is 1. The van der Waals surface area contributed by atoms with Gasteiger partial charge in [0.1, 0.15) is 0 Å². The number of hydrogen-bond acceptors (Lipinski definition) is 5. The lowest BCUT2D eigenvalue weighted by Crippen LogP contribution is -2.54. The summed E-state index contributed by atoms with van der Waals surface area (Å²) in [6, 6.07) is 0.437. The Labute approximate surface area is 141 Å². The molecule has 1 N–H and O–H groups in total. The van der Waals surface area contributed by atoms with Gasteiger partial charge in [-0.2, -0.15) is 0 Å². The maximum Gasteiger partial charge on any atom is 0.234 e. The normalized spacial score (nSPS) is 28.2. The largest absolute Gasteiger partial charge is 0.374 e. The zero-order chi connectivity index (χ0) is 16.8. The van der Waals surface area contributed by atoms with Crippen LogP contribution in [-0.2, 0) is 9.53 Å². The van der Waals surface area contributed by atoms with Crippen molar-refractivity contribution in [1.29, 1.82) is 0 Å². The summed E-state index contributed by atoms with van der Waals surface area (Å²) >= 11 is 0. The fourth-order valence-electron chi connectivity index (χ4n) is 3.47. The minimum absolute atomic E-state index is 0.117. The molecule has 23 heavy (non-hydrogen) atoms. The van der Waals surface area contributed by atoms with Crippen LogP contribution in [0.1, 0.15) is 20.8 Å². The third-order valence-electron chi connectivity index (χ3n) is 4.69. The highest BCUT2D eigenvalue weighted by atomic mass is 16.5. The number of amides is 1. The summed E-state index contributed by atoms with van der Waals surface area (Å²) in [7, 11) is 2.14. The number of carbonyl (C=O) groups excluding carboxylic acids is 1. The van der Waals surface area contributed by atoms with E-state index >= 15 is 0 Å². The standard InChI is InChI=1S/C17H34N4O2/c1-14(2)10-20-7-8-23-16(12-20)9-18-17(22)13-21-6-5-19(4)11-15(21)3/h14-16H,5-13H2,1-4H3,(H,18,22)/t15-,16+/m0/s1. The molecule has 0 aliphatic carbocycles. The Bertz CT molecular complexity index is 378. The van der Waals surface area contributed by atoms with Gasteiger partial charge in [-0.15, -0.1) is 0 Å². The fourth-order valence-corrected chi connectivity index (χ4v) is 3.47. The molecule has 0 aromatic carbocycles. The Morgan fingerprint density at radius 3 is 2.74 bits per heavy atom. The van der Waals surface area contributed by atoms with Gasteiger partial charge in [-0.25, -0.2) is 0 Å². The topological polar surface area (TPSA) is 48.1 Å². The number of rotatable bonds is 6. The molecule has 0 spiro atoms. The summed E-state index contributed by atoms with van der Waals surface area (Å²) in [5, 5.41) is 3.06. The van der Waals surface area contributed by atoms with E-state index in [1.54, 1.807) is 0 Å². The zero-order valence-electron chi connectivity index (χ0n) is 15.3. The number of carbonyl (C=O) groups is 1. The molecule has 0 radical (unpaired) electrons. The molecular weight excluding hydrogens is 292 g/mol. The van der Waals surface area contributed by atoms with Gasteiger partial charge in [0, 0.05) is 51.9 Å². The minimum Gasteiger partial charge on any atom is -0.374 e. The van der Waals surface area contributed by atoms with Crippen molar-refractivity contribution in [2.75, 3.05) is 66.0 Å². The monoisotopic (exact) mass is 326 g/mol. The lowest BCUT2D eigenvalue weighted by Gasteiger charge is -2.38. The lowest BCUT2D eigenvalue weighted by molar-refractivity contribution is -0.124. The second kappa shape index (κ2) is 8.97. The van der Waals surface area contributed by atoms with Gasteiger partial charge in [0.05, 0.1) is 19.3 Å². The first-order valence-electron chi connectivity index (χ1n) is 8.97. The molecule has 2 atom stereocenters. The summed E-state index contributed by atoms with van der Waals surface area (Å²) in [6.07, 6.45) is 0.122. The van der Waals surface area contributed by atoms with Crippen molar-refractivity contribution < 1.29 is 9.53 Å². The van der Waals surface area contributed by atoms with E-state index in [2.05, 4.69) is 47.8 Å².